The summed E-state index contributed by atoms with van der Waals surface area (Å²) < 4.78 is 0. The van der Waals surface area contributed by atoms with Crippen LogP contribution in [0.3, 0.4) is 0 Å². The minimum absolute atomic E-state index is 0.00707. The molecular weight excluding hydrogens is 342 g/mol. The molecule has 0 saturated carbocycles. The van der Waals surface area contributed by atoms with Gasteiger partial charge in [0.05, 0.1) is 6.61 Å². The Hall–Kier alpha value is -2.68. The van der Waals surface area contributed by atoms with Gasteiger partial charge in [-0.2, -0.15) is 0 Å². The van der Waals surface area contributed by atoms with Crippen LogP contribution in [0, 0.1) is 5.92 Å². The van der Waals surface area contributed by atoms with Crippen molar-refractivity contribution < 1.29 is 5.11 Å². The molecule has 0 heterocycles. The van der Waals surface area contributed by atoms with Crippen LogP contribution in [0.1, 0.15) is 16.7 Å². The van der Waals surface area contributed by atoms with Gasteiger partial charge in [-0.1, -0.05) is 97.1 Å². The molecule has 0 aromatic heterocycles. The zero-order valence-corrected chi connectivity index (χ0v) is 16.3. The Kier molecular flexibility index (Phi) is 7.60. The summed E-state index contributed by atoms with van der Waals surface area (Å²) in [6.07, 6.45) is 2.77. The molecule has 0 aliphatic rings. The SMILES string of the molecule is C=C[C@H](CO)[C@@H](Cc1ccccc1)N(Cc1ccccc1)Cc1ccccc1. The molecular formula is C26H29NO. The Bertz CT molecular complexity index is 775. The number of rotatable bonds is 10. The Balaban J connectivity index is 1.92. The van der Waals surface area contributed by atoms with Gasteiger partial charge in [0.2, 0.25) is 0 Å². The number of hydrogen-bond acceptors (Lipinski definition) is 2. The van der Waals surface area contributed by atoms with Crippen molar-refractivity contribution in [3.05, 3.63) is 120 Å². The summed E-state index contributed by atoms with van der Waals surface area (Å²) in [5.74, 6) is 0.00707. The predicted octanol–water partition coefficient (Wildman–Crippen LogP) is 5.09. The summed E-state index contributed by atoms with van der Waals surface area (Å²) in [6, 6.07) is 31.8. The predicted molar refractivity (Wildman–Crippen MR) is 117 cm³/mol. The first kappa shape index (κ1) is 20.1. The Morgan fingerprint density at radius 2 is 1.14 bits per heavy atom. The molecule has 0 amide bonds. The number of benzene rings is 3. The molecule has 1 N–H and O–H groups in total. The molecule has 0 aliphatic carbocycles. The summed E-state index contributed by atoms with van der Waals surface area (Å²) in [4.78, 5) is 2.47. The van der Waals surface area contributed by atoms with Crippen LogP contribution < -0.4 is 0 Å². The van der Waals surface area contributed by atoms with E-state index in [1.165, 1.54) is 16.7 Å². The number of aliphatic hydroxyl groups excluding tert-OH is 1. The average molecular weight is 372 g/mol. The van der Waals surface area contributed by atoms with E-state index in [-0.39, 0.29) is 18.6 Å². The molecule has 0 unspecified atom stereocenters. The van der Waals surface area contributed by atoms with Gasteiger partial charge in [0, 0.05) is 25.0 Å². The molecule has 3 aromatic rings. The average Bonchev–Trinajstić information content (AvgIpc) is 2.76. The van der Waals surface area contributed by atoms with Gasteiger partial charge in [0.25, 0.3) is 0 Å². The molecule has 0 saturated heterocycles. The number of aliphatic hydroxyl groups is 1. The maximum Gasteiger partial charge on any atom is 0.0508 e. The third-order valence-corrected chi connectivity index (χ3v) is 5.22. The molecule has 0 spiro atoms. The maximum atomic E-state index is 10.1. The lowest BCUT2D eigenvalue weighted by atomic mass is 9.91. The highest BCUT2D eigenvalue weighted by Gasteiger charge is 2.26. The van der Waals surface area contributed by atoms with Crippen LogP contribution >= 0.6 is 0 Å². The van der Waals surface area contributed by atoms with Crippen molar-refractivity contribution >= 4 is 0 Å². The number of nitrogens with zero attached hydrogens (tertiary/aromatic N) is 1. The molecule has 0 bridgehead atoms. The fraction of sp³-hybridized carbons (Fsp3) is 0.231. The molecule has 28 heavy (non-hydrogen) atoms. The van der Waals surface area contributed by atoms with Crippen molar-refractivity contribution in [3.63, 3.8) is 0 Å². The van der Waals surface area contributed by atoms with Gasteiger partial charge in [-0.25, -0.2) is 0 Å². The minimum Gasteiger partial charge on any atom is -0.396 e. The molecule has 2 nitrogen and oxygen atoms in total. The first-order chi connectivity index (χ1) is 13.8. The van der Waals surface area contributed by atoms with E-state index in [9.17, 15) is 5.11 Å². The van der Waals surface area contributed by atoms with Crippen LogP contribution in [0.4, 0.5) is 0 Å². The quantitative estimate of drug-likeness (QED) is 0.502. The van der Waals surface area contributed by atoms with Crippen LogP contribution in [0.25, 0.3) is 0 Å². The second-order valence-electron chi connectivity index (χ2n) is 7.22. The molecule has 2 heteroatoms. The monoisotopic (exact) mass is 371 g/mol. The van der Waals surface area contributed by atoms with Gasteiger partial charge in [0.15, 0.2) is 0 Å². The van der Waals surface area contributed by atoms with Gasteiger partial charge < -0.3 is 5.11 Å². The standard InChI is InChI=1S/C26H29NO/c1-2-25(21-28)26(18-22-12-6-3-7-13-22)27(19-23-14-8-4-9-15-23)20-24-16-10-5-11-17-24/h2-17,25-26,28H,1,18-21H2/t25-,26-/m1/s1. The second kappa shape index (κ2) is 10.6. The lowest BCUT2D eigenvalue weighted by Gasteiger charge is -2.36. The normalized spacial score (nSPS) is 13.2. The third kappa shape index (κ3) is 5.66. The highest BCUT2D eigenvalue weighted by molar-refractivity contribution is 5.20. The van der Waals surface area contributed by atoms with Gasteiger partial charge in [-0.3, -0.25) is 4.90 Å². The third-order valence-electron chi connectivity index (χ3n) is 5.22. The van der Waals surface area contributed by atoms with E-state index in [2.05, 4.69) is 84.3 Å². The zero-order chi connectivity index (χ0) is 19.6. The summed E-state index contributed by atoms with van der Waals surface area (Å²) in [7, 11) is 0. The second-order valence-corrected chi connectivity index (χ2v) is 7.22. The van der Waals surface area contributed by atoms with E-state index in [4.69, 9.17) is 0 Å². The highest BCUT2D eigenvalue weighted by Crippen LogP contribution is 2.23. The van der Waals surface area contributed by atoms with E-state index in [0.717, 1.165) is 19.5 Å². The van der Waals surface area contributed by atoms with Crippen LogP contribution in [-0.2, 0) is 19.5 Å². The summed E-state index contributed by atoms with van der Waals surface area (Å²) >= 11 is 0. The van der Waals surface area contributed by atoms with Gasteiger partial charge in [0.1, 0.15) is 0 Å². The first-order valence-electron chi connectivity index (χ1n) is 9.89. The minimum atomic E-state index is 0.00707. The van der Waals surface area contributed by atoms with E-state index in [1.807, 2.05) is 24.3 Å². The fourth-order valence-corrected chi connectivity index (χ4v) is 3.69. The van der Waals surface area contributed by atoms with Crippen molar-refractivity contribution in [3.8, 4) is 0 Å². The van der Waals surface area contributed by atoms with Crippen LogP contribution in [0.2, 0.25) is 0 Å². The molecule has 3 rings (SSSR count). The lowest BCUT2D eigenvalue weighted by molar-refractivity contribution is 0.106. The van der Waals surface area contributed by atoms with Crippen molar-refractivity contribution in [2.24, 2.45) is 5.92 Å². The zero-order valence-electron chi connectivity index (χ0n) is 16.3. The maximum absolute atomic E-state index is 10.1. The van der Waals surface area contributed by atoms with Crippen molar-refractivity contribution in [2.45, 2.75) is 25.6 Å². The van der Waals surface area contributed by atoms with E-state index in [0.29, 0.717) is 0 Å². The first-order valence-corrected chi connectivity index (χ1v) is 9.89. The van der Waals surface area contributed by atoms with Crippen molar-refractivity contribution in [1.29, 1.82) is 0 Å². The molecule has 0 aliphatic heterocycles. The molecule has 2 atom stereocenters. The highest BCUT2D eigenvalue weighted by atomic mass is 16.3. The van der Waals surface area contributed by atoms with Gasteiger partial charge >= 0.3 is 0 Å². The smallest absolute Gasteiger partial charge is 0.0508 e. The summed E-state index contributed by atoms with van der Waals surface area (Å²) in [5, 5.41) is 10.1. The molecule has 3 aromatic carbocycles. The molecule has 0 radical (unpaired) electrons. The Labute approximate surface area is 168 Å². The van der Waals surface area contributed by atoms with E-state index < -0.39 is 0 Å². The van der Waals surface area contributed by atoms with Crippen molar-refractivity contribution in [2.75, 3.05) is 6.61 Å². The molecule has 144 valence electrons. The Morgan fingerprint density at radius 1 is 0.714 bits per heavy atom. The number of hydrogen-bond donors (Lipinski definition) is 1. The Morgan fingerprint density at radius 3 is 1.54 bits per heavy atom. The van der Waals surface area contributed by atoms with Crippen LogP contribution in [0.15, 0.2) is 104 Å². The van der Waals surface area contributed by atoms with Crippen LogP contribution in [-0.4, -0.2) is 22.7 Å². The summed E-state index contributed by atoms with van der Waals surface area (Å²) in [6.45, 7) is 5.76. The lowest BCUT2D eigenvalue weighted by Crippen LogP contribution is -2.42. The molecule has 0 fully saturated rings. The van der Waals surface area contributed by atoms with Gasteiger partial charge in [-0.15, -0.1) is 6.58 Å². The van der Waals surface area contributed by atoms with Gasteiger partial charge in [-0.05, 0) is 23.1 Å². The fourth-order valence-electron chi connectivity index (χ4n) is 3.69. The summed E-state index contributed by atoms with van der Waals surface area (Å²) in [5.41, 5.74) is 3.83. The largest absolute Gasteiger partial charge is 0.396 e. The van der Waals surface area contributed by atoms with E-state index in [1.54, 1.807) is 0 Å². The van der Waals surface area contributed by atoms with E-state index >= 15 is 0 Å². The van der Waals surface area contributed by atoms with Crippen LogP contribution in [0.5, 0.6) is 0 Å². The topological polar surface area (TPSA) is 23.5 Å². The van der Waals surface area contributed by atoms with Crippen molar-refractivity contribution in [1.82, 2.24) is 4.90 Å².